The van der Waals surface area contributed by atoms with Crippen molar-refractivity contribution in [3.63, 3.8) is 0 Å². The molecule has 0 bridgehead atoms. The predicted molar refractivity (Wildman–Crippen MR) is 79.4 cm³/mol. The van der Waals surface area contributed by atoms with Gasteiger partial charge in [-0.05, 0) is 46.7 Å². The first-order valence-electron chi connectivity index (χ1n) is 6.98. The molecule has 0 aromatic carbocycles. The third-order valence-electron chi connectivity index (χ3n) is 2.60. The first-order chi connectivity index (χ1) is 9.40. The number of hydrogen-bond acceptors (Lipinski definition) is 5. The Morgan fingerprint density at radius 2 is 1.90 bits per heavy atom. The quantitative estimate of drug-likeness (QED) is 0.446. The Labute approximate surface area is 122 Å². The van der Waals surface area contributed by atoms with Crippen LogP contribution in [0.5, 0.6) is 0 Å². The van der Waals surface area contributed by atoms with Gasteiger partial charge in [0.25, 0.3) is 0 Å². The van der Waals surface area contributed by atoms with Gasteiger partial charge in [-0.1, -0.05) is 0 Å². The molecule has 118 valence electrons. The van der Waals surface area contributed by atoms with Crippen molar-refractivity contribution in [2.24, 2.45) is 5.73 Å². The Kier molecular flexibility index (Phi) is 9.69. The SMILES string of the molecule is CCO[Si](CCCN)(OCC)OC(C)/C=C(\C)C(=O)O. The summed E-state index contributed by atoms with van der Waals surface area (Å²) in [5.41, 5.74) is 5.79. The average molecular weight is 305 g/mol. The number of aliphatic carboxylic acids is 1. The van der Waals surface area contributed by atoms with E-state index >= 15 is 0 Å². The molecule has 0 aromatic heterocycles. The van der Waals surface area contributed by atoms with Gasteiger partial charge < -0.3 is 24.1 Å². The van der Waals surface area contributed by atoms with E-state index < -0.39 is 14.8 Å². The smallest absolute Gasteiger partial charge is 0.478 e. The van der Waals surface area contributed by atoms with Crippen LogP contribution in [0.1, 0.15) is 34.1 Å². The van der Waals surface area contributed by atoms with Gasteiger partial charge in [0.2, 0.25) is 0 Å². The van der Waals surface area contributed by atoms with Crippen molar-refractivity contribution in [1.82, 2.24) is 0 Å². The van der Waals surface area contributed by atoms with E-state index in [1.165, 1.54) is 6.92 Å². The minimum atomic E-state index is -2.80. The summed E-state index contributed by atoms with van der Waals surface area (Å²) in [7, 11) is -2.80. The van der Waals surface area contributed by atoms with Gasteiger partial charge in [0, 0.05) is 24.8 Å². The average Bonchev–Trinajstić information content (AvgIpc) is 2.36. The van der Waals surface area contributed by atoms with E-state index in [4.69, 9.17) is 24.1 Å². The van der Waals surface area contributed by atoms with Gasteiger partial charge in [0.05, 0.1) is 6.10 Å². The van der Waals surface area contributed by atoms with Crippen molar-refractivity contribution in [3.8, 4) is 0 Å². The summed E-state index contributed by atoms with van der Waals surface area (Å²) in [6, 6.07) is 0.634. The van der Waals surface area contributed by atoms with Crippen LogP contribution in [0.4, 0.5) is 0 Å². The minimum absolute atomic E-state index is 0.243. The summed E-state index contributed by atoms with van der Waals surface area (Å²) in [6.07, 6.45) is 1.93. The van der Waals surface area contributed by atoms with Crippen LogP contribution in [-0.2, 0) is 18.1 Å². The third kappa shape index (κ3) is 7.16. The number of nitrogens with two attached hydrogens (primary N) is 1. The lowest BCUT2D eigenvalue weighted by Crippen LogP contribution is -2.48. The fourth-order valence-electron chi connectivity index (χ4n) is 1.81. The fourth-order valence-corrected chi connectivity index (χ4v) is 4.59. The van der Waals surface area contributed by atoms with Gasteiger partial charge in [0.15, 0.2) is 0 Å². The van der Waals surface area contributed by atoms with Crippen LogP contribution in [0.15, 0.2) is 11.6 Å². The molecular formula is C13H27NO5Si. The largest absolute Gasteiger partial charge is 0.501 e. The summed E-state index contributed by atoms with van der Waals surface area (Å²) < 4.78 is 17.4. The summed E-state index contributed by atoms with van der Waals surface area (Å²) >= 11 is 0. The molecule has 1 atom stereocenters. The minimum Gasteiger partial charge on any atom is -0.478 e. The highest BCUT2D eigenvalue weighted by atomic mass is 28.4. The summed E-state index contributed by atoms with van der Waals surface area (Å²) in [5, 5.41) is 8.89. The summed E-state index contributed by atoms with van der Waals surface area (Å²) in [6.45, 7) is 8.61. The standard InChI is InChI=1S/C13H27NO5Si/c1-5-17-20(18-6-2,9-7-8-14)19-12(4)10-11(3)13(15)16/h10,12H,5-9,14H2,1-4H3,(H,15,16)/b11-10+. The van der Waals surface area contributed by atoms with Crippen molar-refractivity contribution in [2.75, 3.05) is 19.8 Å². The molecular weight excluding hydrogens is 278 g/mol. The van der Waals surface area contributed by atoms with Gasteiger partial charge >= 0.3 is 14.8 Å². The molecule has 0 heterocycles. The molecule has 0 saturated heterocycles. The van der Waals surface area contributed by atoms with Crippen LogP contribution in [0.25, 0.3) is 0 Å². The van der Waals surface area contributed by atoms with Crippen LogP contribution in [0, 0.1) is 0 Å². The normalized spacial score (nSPS) is 14.3. The highest BCUT2D eigenvalue weighted by Gasteiger charge is 2.41. The molecule has 0 aromatic rings. The number of rotatable bonds is 11. The summed E-state index contributed by atoms with van der Waals surface area (Å²) in [4.78, 5) is 10.8. The number of carboxylic acid groups (broad SMARTS) is 1. The van der Waals surface area contributed by atoms with Crippen LogP contribution >= 0.6 is 0 Å². The Morgan fingerprint density at radius 3 is 2.30 bits per heavy atom. The Hall–Kier alpha value is -0.733. The second-order valence-corrected chi connectivity index (χ2v) is 7.10. The molecule has 20 heavy (non-hydrogen) atoms. The van der Waals surface area contributed by atoms with E-state index in [2.05, 4.69) is 0 Å². The van der Waals surface area contributed by atoms with Crippen molar-refractivity contribution < 1.29 is 23.2 Å². The predicted octanol–water partition coefficient (Wildman–Crippen LogP) is 1.78. The molecule has 0 amide bonds. The molecule has 1 unspecified atom stereocenters. The lowest BCUT2D eigenvalue weighted by Gasteiger charge is -2.31. The number of hydrogen-bond donors (Lipinski definition) is 2. The molecule has 0 aliphatic rings. The Bertz CT molecular complexity index is 316. The van der Waals surface area contributed by atoms with Gasteiger partial charge in [-0.15, -0.1) is 0 Å². The highest BCUT2D eigenvalue weighted by Crippen LogP contribution is 2.20. The van der Waals surface area contributed by atoms with Crippen LogP contribution < -0.4 is 5.73 Å². The maximum Gasteiger partial charge on any atom is 0.501 e. The van der Waals surface area contributed by atoms with Crippen LogP contribution in [0.2, 0.25) is 6.04 Å². The van der Waals surface area contributed by atoms with E-state index in [1.807, 2.05) is 13.8 Å². The van der Waals surface area contributed by atoms with Crippen molar-refractivity contribution in [3.05, 3.63) is 11.6 Å². The Balaban J connectivity index is 4.91. The monoisotopic (exact) mass is 305 g/mol. The number of carboxylic acids is 1. The number of carbonyl (C=O) groups is 1. The van der Waals surface area contributed by atoms with Crippen LogP contribution in [-0.4, -0.2) is 45.7 Å². The van der Waals surface area contributed by atoms with E-state index in [0.29, 0.717) is 25.8 Å². The molecule has 3 N–H and O–H groups in total. The molecule has 0 radical (unpaired) electrons. The zero-order valence-corrected chi connectivity index (χ0v) is 13.8. The van der Waals surface area contributed by atoms with E-state index in [9.17, 15) is 4.79 Å². The summed E-state index contributed by atoms with van der Waals surface area (Å²) in [5.74, 6) is -0.956. The van der Waals surface area contributed by atoms with Gasteiger partial charge in [0.1, 0.15) is 0 Å². The van der Waals surface area contributed by atoms with Crippen LogP contribution in [0.3, 0.4) is 0 Å². The highest BCUT2D eigenvalue weighted by molar-refractivity contribution is 6.60. The molecule has 6 nitrogen and oxygen atoms in total. The second kappa shape index (κ2) is 10.1. The lowest BCUT2D eigenvalue weighted by molar-refractivity contribution is -0.132. The first kappa shape index (κ1) is 19.3. The molecule has 0 spiro atoms. The molecule has 7 heteroatoms. The third-order valence-corrected chi connectivity index (χ3v) is 5.76. The fraction of sp³-hybridized carbons (Fsp3) is 0.769. The van der Waals surface area contributed by atoms with E-state index in [0.717, 1.165) is 6.42 Å². The van der Waals surface area contributed by atoms with Crippen molar-refractivity contribution in [2.45, 2.75) is 46.3 Å². The van der Waals surface area contributed by atoms with Gasteiger partial charge in [-0.3, -0.25) is 0 Å². The van der Waals surface area contributed by atoms with E-state index in [-0.39, 0.29) is 11.7 Å². The van der Waals surface area contributed by atoms with E-state index in [1.54, 1.807) is 13.0 Å². The first-order valence-corrected chi connectivity index (χ1v) is 8.91. The molecule has 0 fully saturated rings. The second-order valence-electron chi connectivity index (χ2n) is 4.42. The maximum atomic E-state index is 10.8. The molecule has 0 aliphatic carbocycles. The maximum absolute atomic E-state index is 10.8. The molecule has 0 saturated carbocycles. The van der Waals surface area contributed by atoms with Gasteiger partial charge in [-0.25, -0.2) is 4.79 Å². The van der Waals surface area contributed by atoms with Crippen molar-refractivity contribution in [1.29, 1.82) is 0 Å². The zero-order chi connectivity index (χ0) is 15.6. The van der Waals surface area contributed by atoms with Gasteiger partial charge in [-0.2, -0.15) is 0 Å². The zero-order valence-electron chi connectivity index (χ0n) is 12.8. The van der Waals surface area contributed by atoms with Crippen molar-refractivity contribution >= 4 is 14.8 Å². The molecule has 0 aliphatic heterocycles. The Morgan fingerprint density at radius 1 is 1.35 bits per heavy atom. The molecule has 0 rings (SSSR count). The lowest BCUT2D eigenvalue weighted by atomic mass is 10.2. The topological polar surface area (TPSA) is 91.0 Å².